The van der Waals surface area contributed by atoms with Gasteiger partial charge in [-0.1, -0.05) is 64.7 Å². The second kappa shape index (κ2) is 27.5. The largest absolute Gasteiger partial charge is 0.461 e. The molecule has 0 radical (unpaired) electrons. The zero-order valence-electron chi connectivity index (χ0n) is 21.2. The maximum Gasteiger partial charge on any atom is 0.334 e. The Morgan fingerprint density at radius 1 is 0.545 bits per heavy atom. The first-order valence-corrected chi connectivity index (χ1v) is 12.9. The minimum Gasteiger partial charge on any atom is -0.461 e. The lowest BCUT2D eigenvalue weighted by molar-refractivity contribution is -0.154. The molecule has 1 N–H and O–H groups in total. The first-order valence-electron chi connectivity index (χ1n) is 12.9. The predicted octanol–water partition coefficient (Wildman–Crippen LogP) is 3.91. The van der Waals surface area contributed by atoms with E-state index in [1.54, 1.807) is 0 Å². The number of hydrogen-bond acceptors (Lipinski definition) is 8. The van der Waals surface area contributed by atoms with Crippen LogP contribution >= 0.6 is 0 Å². The molecule has 0 aliphatic carbocycles. The number of carbonyl (C=O) groups is 1. The van der Waals surface area contributed by atoms with Crippen molar-refractivity contribution in [3.8, 4) is 0 Å². The molecule has 0 aromatic rings. The van der Waals surface area contributed by atoms with Gasteiger partial charge in [-0.15, -0.1) is 0 Å². The number of esters is 1. The SMILES string of the molecule is CCCCCCCCCCCCOCCOCCOCCOCCOCCOC(=O)[C@H](C)O. The average Bonchev–Trinajstić information content (AvgIpc) is 2.81. The number of aliphatic hydroxyl groups is 1. The van der Waals surface area contributed by atoms with Crippen LogP contribution in [0, 0.1) is 0 Å². The van der Waals surface area contributed by atoms with Crippen LogP contribution in [0.4, 0.5) is 0 Å². The van der Waals surface area contributed by atoms with Crippen molar-refractivity contribution in [1.29, 1.82) is 0 Å². The van der Waals surface area contributed by atoms with Crippen molar-refractivity contribution in [2.24, 2.45) is 0 Å². The van der Waals surface area contributed by atoms with E-state index in [1.807, 2.05) is 0 Å². The van der Waals surface area contributed by atoms with E-state index < -0.39 is 12.1 Å². The zero-order chi connectivity index (χ0) is 24.2. The predicted molar refractivity (Wildman–Crippen MR) is 129 cm³/mol. The summed E-state index contributed by atoms with van der Waals surface area (Å²) >= 11 is 0. The standard InChI is InChI=1S/C25H50O8/c1-3-4-5-6-7-8-9-10-11-12-13-28-14-15-29-16-17-30-18-19-31-20-21-32-22-23-33-25(27)24(2)26/h24,26H,3-23H2,1-2H3/t24-/m0/s1. The van der Waals surface area contributed by atoms with E-state index in [1.165, 1.54) is 64.7 Å². The van der Waals surface area contributed by atoms with Gasteiger partial charge in [-0.3, -0.25) is 0 Å². The molecular formula is C25H50O8. The second-order valence-corrected chi connectivity index (χ2v) is 8.09. The first-order chi connectivity index (χ1) is 16.2. The van der Waals surface area contributed by atoms with E-state index in [-0.39, 0.29) is 13.2 Å². The summed E-state index contributed by atoms with van der Waals surface area (Å²) < 4.78 is 31.9. The fraction of sp³-hybridized carbons (Fsp3) is 0.960. The molecule has 0 amide bonds. The van der Waals surface area contributed by atoms with E-state index >= 15 is 0 Å². The van der Waals surface area contributed by atoms with Crippen molar-refractivity contribution < 1.29 is 38.3 Å². The third kappa shape index (κ3) is 27.4. The molecule has 1 atom stereocenters. The van der Waals surface area contributed by atoms with E-state index in [0.29, 0.717) is 52.9 Å². The van der Waals surface area contributed by atoms with Crippen molar-refractivity contribution >= 4 is 5.97 Å². The summed E-state index contributed by atoms with van der Waals surface area (Å²) in [6, 6.07) is 0. The van der Waals surface area contributed by atoms with Crippen LogP contribution < -0.4 is 0 Å². The monoisotopic (exact) mass is 478 g/mol. The smallest absolute Gasteiger partial charge is 0.334 e. The average molecular weight is 479 g/mol. The summed E-state index contributed by atoms with van der Waals surface area (Å²) in [6.07, 6.45) is 12.3. The Labute approximate surface area is 201 Å². The van der Waals surface area contributed by atoms with Gasteiger partial charge in [0.05, 0.1) is 59.5 Å². The molecule has 0 spiro atoms. The highest BCUT2D eigenvalue weighted by Gasteiger charge is 2.08. The van der Waals surface area contributed by atoms with Gasteiger partial charge in [0.15, 0.2) is 0 Å². The molecule has 198 valence electrons. The van der Waals surface area contributed by atoms with E-state index in [2.05, 4.69) is 6.92 Å². The summed E-state index contributed by atoms with van der Waals surface area (Å²) in [7, 11) is 0. The molecule has 0 aliphatic heterocycles. The summed E-state index contributed by atoms with van der Waals surface area (Å²) in [5.74, 6) is -0.646. The lowest BCUT2D eigenvalue weighted by Gasteiger charge is -2.09. The third-order valence-electron chi connectivity index (χ3n) is 4.94. The van der Waals surface area contributed by atoms with Gasteiger partial charge in [0, 0.05) is 6.61 Å². The summed E-state index contributed by atoms with van der Waals surface area (Å²) in [5, 5.41) is 8.95. The van der Waals surface area contributed by atoms with Gasteiger partial charge in [-0.25, -0.2) is 4.79 Å². The van der Waals surface area contributed by atoms with Gasteiger partial charge in [0.25, 0.3) is 0 Å². The van der Waals surface area contributed by atoms with Gasteiger partial charge in [-0.05, 0) is 13.3 Å². The second-order valence-electron chi connectivity index (χ2n) is 8.09. The first kappa shape index (κ1) is 32.2. The van der Waals surface area contributed by atoms with Gasteiger partial charge in [-0.2, -0.15) is 0 Å². The fourth-order valence-corrected chi connectivity index (χ4v) is 3.00. The van der Waals surface area contributed by atoms with Crippen LogP contribution in [0.3, 0.4) is 0 Å². The van der Waals surface area contributed by atoms with Crippen molar-refractivity contribution in [2.45, 2.75) is 84.2 Å². The molecular weight excluding hydrogens is 428 g/mol. The Balaban J connectivity index is 3.05. The van der Waals surface area contributed by atoms with Crippen LogP contribution in [-0.4, -0.2) is 89.9 Å². The zero-order valence-corrected chi connectivity index (χ0v) is 21.2. The van der Waals surface area contributed by atoms with Gasteiger partial charge in [0.1, 0.15) is 12.7 Å². The van der Waals surface area contributed by atoms with Crippen LogP contribution in [-0.2, 0) is 33.2 Å². The number of carbonyl (C=O) groups excluding carboxylic acids is 1. The highest BCUT2D eigenvalue weighted by Crippen LogP contribution is 2.10. The molecule has 8 nitrogen and oxygen atoms in total. The Hall–Kier alpha value is -0.770. The van der Waals surface area contributed by atoms with Crippen molar-refractivity contribution in [1.82, 2.24) is 0 Å². The molecule has 8 heteroatoms. The van der Waals surface area contributed by atoms with Gasteiger partial charge in [0.2, 0.25) is 0 Å². The third-order valence-corrected chi connectivity index (χ3v) is 4.94. The van der Waals surface area contributed by atoms with Crippen LogP contribution in [0.1, 0.15) is 78.1 Å². The quantitative estimate of drug-likeness (QED) is 0.140. The summed E-state index contributed by atoms with van der Waals surface area (Å²) in [4.78, 5) is 11.0. The molecule has 0 aromatic heterocycles. The molecule has 0 aromatic carbocycles. The number of ether oxygens (including phenoxy) is 6. The van der Waals surface area contributed by atoms with E-state index in [9.17, 15) is 4.79 Å². The number of unbranched alkanes of at least 4 members (excludes halogenated alkanes) is 9. The van der Waals surface area contributed by atoms with Crippen molar-refractivity contribution in [3.63, 3.8) is 0 Å². The number of aliphatic hydroxyl groups excluding tert-OH is 1. The maximum atomic E-state index is 11.0. The van der Waals surface area contributed by atoms with Crippen LogP contribution in [0.15, 0.2) is 0 Å². The Morgan fingerprint density at radius 2 is 0.879 bits per heavy atom. The Bertz CT molecular complexity index is 393. The molecule has 0 saturated heterocycles. The maximum absolute atomic E-state index is 11.0. The lowest BCUT2D eigenvalue weighted by atomic mass is 10.1. The number of hydrogen-bond donors (Lipinski definition) is 1. The minimum atomic E-state index is -1.11. The van der Waals surface area contributed by atoms with Gasteiger partial charge < -0.3 is 33.5 Å². The minimum absolute atomic E-state index is 0.122. The topological polar surface area (TPSA) is 92.7 Å². The van der Waals surface area contributed by atoms with Crippen LogP contribution in [0.5, 0.6) is 0 Å². The molecule has 0 aliphatic rings. The molecule has 0 saturated carbocycles. The molecule has 0 fully saturated rings. The van der Waals surface area contributed by atoms with E-state index in [0.717, 1.165) is 13.0 Å². The highest BCUT2D eigenvalue weighted by atomic mass is 16.6. The Kier molecular flexibility index (Phi) is 26.8. The van der Waals surface area contributed by atoms with Crippen molar-refractivity contribution in [3.05, 3.63) is 0 Å². The lowest BCUT2D eigenvalue weighted by Crippen LogP contribution is -2.21. The molecule has 0 unspecified atom stereocenters. The molecule has 0 rings (SSSR count). The van der Waals surface area contributed by atoms with Crippen LogP contribution in [0.25, 0.3) is 0 Å². The summed E-state index contributed by atoms with van der Waals surface area (Å²) in [6.45, 7) is 9.02. The summed E-state index contributed by atoms with van der Waals surface area (Å²) in [5.41, 5.74) is 0. The molecule has 0 bridgehead atoms. The van der Waals surface area contributed by atoms with Gasteiger partial charge >= 0.3 is 5.97 Å². The van der Waals surface area contributed by atoms with E-state index in [4.69, 9.17) is 33.5 Å². The molecule has 0 heterocycles. The Morgan fingerprint density at radius 3 is 1.27 bits per heavy atom. The normalized spacial score (nSPS) is 12.2. The molecule has 33 heavy (non-hydrogen) atoms. The highest BCUT2D eigenvalue weighted by molar-refractivity contribution is 5.73. The van der Waals surface area contributed by atoms with Crippen molar-refractivity contribution in [2.75, 3.05) is 72.7 Å². The van der Waals surface area contributed by atoms with Crippen LogP contribution in [0.2, 0.25) is 0 Å². The fourth-order valence-electron chi connectivity index (χ4n) is 3.00. The number of rotatable bonds is 27.